The standard InChI is InChI=1S/C24H24N4O3S/c1-27(2)22(29)13-31-18-9-8-16-10-11-28(21(16)12-18)24-19-14-32(30)15-20(19)25-23(26-24)17-6-4-3-5-7-17/h3-9,12H,10-11,13-15H2,1-2H3. The molecule has 0 aliphatic carbocycles. The SMILES string of the molecule is CN(C)C(=O)COc1ccc2c(c1)N(c1nc(-c3ccccc3)nc3c1CS(=O)C3)CC2. The highest BCUT2D eigenvalue weighted by Gasteiger charge is 2.31. The van der Waals surface area contributed by atoms with Gasteiger partial charge in [-0.25, -0.2) is 9.97 Å². The van der Waals surface area contributed by atoms with Crippen LogP contribution >= 0.6 is 0 Å². The number of carbonyl (C=O) groups is 1. The van der Waals surface area contributed by atoms with Crippen LogP contribution < -0.4 is 9.64 Å². The lowest BCUT2D eigenvalue weighted by molar-refractivity contribution is -0.130. The summed E-state index contributed by atoms with van der Waals surface area (Å²) in [6, 6.07) is 15.8. The Morgan fingerprint density at radius 1 is 1.12 bits per heavy atom. The summed E-state index contributed by atoms with van der Waals surface area (Å²) in [5.74, 6) is 2.95. The number of ether oxygens (including phenoxy) is 1. The van der Waals surface area contributed by atoms with Crippen LogP contribution in [0.3, 0.4) is 0 Å². The Labute approximate surface area is 189 Å². The Balaban J connectivity index is 1.53. The predicted molar refractivity (Wildman–Crippen MR) is 124 cm³/mol. The fourth-order valence-corrected chi connectivity index (χ4v) is 5.30. The number of anilines is 2. The molecule has 2 aliphatic heterocycles. The highest BCUT2D eigenvalue weighted by atomic mass is 32.2. The lowest BCUT2D eigenvalue weighted by Crippen LogP contribution is -2.27. The Morgan fingerprint density at radius 3 is 2.72 bits per heavy atom. The van der Waals surface area contributed by atoms with Gasteiger partial charge in [0.2, 0.25) is 0 Å². The molecule has 0 saturated carbocycles. The molecule has 1 amide bonds. The summed E-state index contributed by atoms with van der Waals surface area (Å²) in [5.41, 5.74) is 4.98. The number of likely N-dealkylation sites (N-methyl/N-ethyl adjacent to an activating group) is 1. The van der Waals surface area contributed by atoms with Crippen LogP contribution in [0.15, 0.2) is 48.5 Å². The number of hydrogen-bond donors (Lipinski definition) is 0. The van der Waals surface area contributed by atoms with Crippen LogP contribution in [-0.4, -0.2) is 52.2 Å². The third kappa shape index (κ3) is 3.86. The van der Waals surface area contributed by atoms with Crippen molar-refractivity contribution in [2.45, 2.75) is 17.9 Å². The molecule has 0 spiro atoms. The van der Waals surface area contributed by atoms with E-state index in [1.54, 1.807) is 14.1 Å². The molecule has 0 bridgehead atoms. The second-order valence-corrected chi connectivity index (χ2v) is 9.62. The van der Waals surface area contributed by atoms with Gasteiger partial charge >= 0.3 is 0 Å². The third-order valence-electron chi connectivity index (χ3n) is 5.78. The first-order valence-corrected chi connectivity index (χ1v) is 12.0. The molecule has 2 aliphatic rings. The molecule has 0 fully saturated rings. The molecule has 0 radical (unpaired) electrons. The van der Waals surface area contributed by atoms with E-state index in [1.165, 1.54) is 10.5 Å². The number of amides is 1. The summed E-state index contributed by atoms with van der Waals surface area (Å²) >= 11 is 0. The van der Waals surface area contributed by atoms with Gasteiger partial charge in [-0.15, -0.1) is 0 Å². The Kier molecular flexibility index (Phi) is 5.38. The van der Waals surface area contributed by atoms with Crippen LogP contribution in [-0.2, 0) is 33.5 Å². The zero-order chi connectivity index (χ0) is 22.2. The van der Waals surface area contributed by atoms with Crippen LogP contribution in [0.2, 0.25) is 0 Å². The van der Waals surface area contributed by atoms with Crippen molar-refractivity contribution in [1.82, 2.24) is 14.9 Å². The van der Waals surface area contributed by atoms with Crippen LogP contribution in [0.25, 0.3) is 11.4 Å². The van der Waals surface area contributed by atoms with E-state index in [4.69, 9.17) is 14.7 Å². The third-order valence-corrected chi connectivity index (χ3v) is 6.98. The first-order chi connectivity index (χ1) is 15.5. The zero-order valence-corrected chi connectivity index (χ0v) is 18.9. The molecule has 7 nitrogen and oxygen atoms in total. The van der Waals surface area contributed by atoms with Crippen molar-refractivity contribution in [3.8, 4) is 17.1 Å². The van der Waals surface area contributed by atoms with E-state index >= 15 is 0 Å². The lowest BCUT2D eigenvalue weighted by Gasteiger charge is -2.22. The monoisotopic (exact) mass is 448 g/mol. The molecule has 164 valence electrons. The fraction of sp³-hybridized carbons (Fsp3) is 0.292. The van der Waals surface area contributed by atoms with Crippen LogP contribution in [0.4, 0.5) is 11.5 Å². The van der Waals surface area contributed by atoms with Gasteiger partial charge in [-0.1, -0.05) is 36.4 Å². The van der Waals surface area contributed by atoms with Gasteiger partial charge in [-0.2, -0.15) is 0 Å². The summed E-state index contributed by atoms with van der Waals surface area (Å²) in [6.07, 6.45) is 0.884. The smallest absolute Gasteiger partial charge is 0.259 e. The number of carbonyl (C=O) groups excluding carboxylic acids is 1. The Bertz CT molecular complexity index is 1210. The highest BCUT2D eigenvalue weighted by molar-refractivity contribution is 7.83. The van der Waals surface area contributed by atoms with Gasteiger partial charge in [0.05, 0.1) is 17.2 Å². The topological polar surface area (TPSA) is 75.6 Å². The minimum Gasteiger partial charge on any atom is -0.484 e. The average Bonchev–Trinajstić information content (AvgIpc) is 3.39. The summed E-state index contributed by atoms with van der Waals surface area (Å²) in [4.78, 5) is 25.3. The second-order valence-electron chi connectivity index (χ2n) is 8.16. The predicted octanol–water partition coefficient (Wildman–Crippen LogP) is 3.07. The molecule has 1 unspecified atom stereocenters. The van der Waals surface area contributed by atoms with Gasteiger partial charge < -0.3 is 14.5 Å². The summed E-state index contributed by atoms with van der Waals surface area (Å²) in [5, 5.41) is 0. The van der Waals surface area contributed by atoms with Crippen molar-refractivity contribution < 1.29 is 13.7 Å². The lowest BCUT2D eigenvalue weighted by atomic mass is 10.1. The first kappa shape index (κ1) is 20.6. The molecule has 3 aromatic rings. The van der Waals surface area contributed by atoms with E-state index in [2.05, 4.69) is 4.90 Å². The van der Waals surface area contributed by atoms with Gasteiger partial charge in [0.15, 0.2) is 12.4 Å². The van der Waals surface area contributed by atoms with Gasteiger partial charge in [-0.3, -0.25) is 9.00 Å². The Morgan fingerprint density at radius 2 is 1.94 bits per heavy atom. The molecule has 32 heavy (non-hydrogen) atoms. The summed E-state index contributed by atoms with van der Waals surface area (Å²) < 4.78 is 18.1. The fourth-order valence-electron chi connectivity index (χ4n) is 4.03. The minimum atomic E-state index is -0.965. The molecule has 2 aromatic carbocycles. The van der Waals surface area contributed by atoms with Gasteiger partial charge in [0.1, 0.15) is 11.6 Å². The normalized spacial score (nSPS) is 16.6. The van der Waals surface area contributed by atoms with Crippen molar-refractivity contribution in [2.24, 2.45) is 0 Å². The van der Waals surface area contributed by atoms with E-state index in [0.29, 0.717) is 23.1 Å². The van der Waals surface area contributed by atoms with E-state index in [1.807, 2.05) is 48.5 Å². The van der Waals surface area contributed by atoms with E-state index < -0.39 is 10.8 Å². The number of aromatic nitrogens is 2. The van der Waals surface area contributed by atoms with Crippen molar-refractivity contribution >= 4 is 28.2 Å². The quantitative estimate of drug-likeness (QED) is 0.597. The van der Waals surface area contributed by atoms with E-state index in [-0.39, 0.29) is 12.5 Å². The number of benzene rings is 2. The molecular weight excluding hydrogens is 424 g/mol. The van der Waals surface area contributed by atoms with E-state index in [9.17, 15) is 9.00 Å². The molecule has 8 heteroatoms. The van der Waals surface area contributed by atoms with Crippen LogP contribution in [0.1, 0.15) is 16.8 Å². The van der Waals surface area contributed by atoms with Crippen molar-refractivity contribution in [3.63, 3.8) is 0 Å². The molecule has 0 saturated heterocycles. The van der Waals surface area contributed by atoms with E-state index in [0.717, 1.165) is 41.3 Å². The maximum Gasteiger partial charge on any atom is 0.259 e. The second kappa shape index (κ2) is 8.35. The maximum atomic E-state index is 12.4. The largest absolute Gasteiger partial charge is 0.484 e. The van der Waals surface area contributed by atoms with Gasteiger partial charge in [0, 0.05) is 54.3 Å². The highest BCUT2D eigenvalue weighted by Crippen LogP contribution is 2.40. The molecular formula is C24H24N4O3S. The summed E-state index contributed by atoms with van der Waals surface area (Å²) in [6.45, 7) is 0.769. The number of fused-ring (bicyclic) bond motifs is 2. The van der Waals surface area contributed by atoms with Crippen molar-refractivity contribution in [3.05, 3.63) is 65.4 Å². The van der Waals surface area contributed by atoms with Gasteiger partial charge in [-0.05, 0) is 18.1 Å². The molecule has 1 aromatic heterocycles. The molecule has 1 atom stereocenters. The molecule has 3 heterocycles. The summed E-state index contributed by atoms with van der Waals surface area (Å²) in [7, 11) is 2.45. The van der Waals surface area contributed by atoms with Crippen molar-refractivity contribution in [1.29, 1.82) is 0 Å². The maximum absolute atomic E-state index is 12.4. The number of hydrogen-bond acceptors (Lipinski definition) is 6. The average molecular weight is 449 g/mol. The number of rotatable bonds is 5. The zero-order valence-electron chi connectivity index (χ0n) is 18.1. The van der Waals surface area contributed by atoms with Gasteiger partial charge in [0.25, 0.3) is 5.91 Å². The molecule has 0 N–H and O–H groups in total. The first-order valence-electron chi connectivity index (χ1n) is 10.5. The molecule has 5 rings (SSSR count). The van der Waals surface area contributed by atoms with Crippen molar-refractivity contribution in [2.75, 3.05) is 32.1 Å². The van der Waals surface area contributed by atoms with Crippen LogP contribution in [0.5, 0.6) is 5.75 Å². The Hall–Kier alpha value is -3.26. The minimum absolute atomic E-state index is 0.00811. The number of nitrogens with zero attached hydrogens (tertiary/aromatic N) is 4. The van der Waals surface area contributed by atoms with Crippen LogP contribution in [0, 0.1) is 0 Å².